The number of allylic oxidation sites excluding steroid dienone is 1. The first kappa shape index (κ1) is 16.0. The Labute approximate surface area is 121 Å². The molecule has 1 amide bonds. The number of carbonyl (C=O) groups is 1. The molecule has 0 aliphatic carbocycles. The van der Waals surface area contributed by atoms with Crippen molar-refractivity contribution in [1.29, 1.82) is 0 Å². The Hall–Kier alpha value is -2.03. The normalized spacial score (nSPS) is 10.8. The Bertz CT molecular complexity index is 469. The van der Waals surface area contributed by atoms with Crippen molar-refractivity contribution in [1.82, 2.24) is 4.90 Å². The lowest BCUT2D eigenvalue weighted by molar-refractivity contribution is 0.115. The molecule has 20 heavy (non-hydrogen) atoms. The largest absolute Gasteiger partial charge is 0.415 e. The van der Waals surface area contributed by atoms with Crippen LogP contribution in [0.2, 0.25) is 0 Å². The molecular weight excluding hydrogens is 250 g/mol. The second kappa shape index (κ2) is 6.94. The van der Waals surface area contributed by atoms with E-state index >= 15 is 0 Å². The molecule has 3 nitrogen and oxygen atoms in total. The lowest BCUT2D eigenvalue weighted by atomic mass is 10.1. The summed E-state index contributed by atoms with van der Waals surface area (Å²) in [7, 11) is 0. The van der Waals surface area contributed by atoms with Gasteiger partial charge in [0.2, 0.25) is 0 Å². The van der Waals surface area contributed by atoms with E-state index in [0.717, 1.165) is 12.0 Å². The molecule has 0 aliphatic heterocycles. The van der Waals surface area contributed by atoms with Crippen LogP contribution in [0, 0.1) is 0 Å². The van der Waals surface area contributed by atoms with Crippen molar-refractivity contribution in [2.75, 3.05) is 6.54 Å². The number of carbonyl (C=O) groups excluding carboxylic acids is 1. The van der Waals surface area contributed by atoms with Crippen LogP contribution in [0.1, 0.15) is 26.3 Å². The fourth-order valence-corrected chi connectivity index (χ4v) is 1.77. The van der Waals surface area contributed by atoms with Crippen molar-refractivity contribution >= 4 is 6.09 Å². The number of benzene rings is 1. The molecule has 0 bridgehead atoms. The number of rotatable bonds is 5. The molecule has 0 aliphatic rings. The first-order valence-corrected chi connectivity index (χ1v) is 6.68. The topological polar surface area (TPSA) is 29.5 Å². The lowest BCUT2D eigenvalue weighted by Gasteiger charge is -2.33. The Morgan fingerprint density at radius 3 is 2.25 bits per heavy atom. The van der Waals surface area contributed by atoms with Crippen LogP contribution in [0.3, 0.4) is 0 Å². The summed E-state index contributed by atoms with van der Waals surface area (Å²) in [6.45, 7) is 13.7. The van der Waals surface area contributed by atoms with Crippen molar-refractivity contribution in [3.8, 4) is 5.75 Å². The Balaban J connectivity index is 2.77. The van der Waals surface area contributed by atoms with Crippen LogP contribution >= 0.6 is 0 Å². The lowest BCUT2D eigenvalue weighted by Crippen LogP contribution is -2.47. The molecule has 0 atom stereocenters. The molecular formula is C17H23NO2. The average molecular weight is 273 g/mol. The van der Waals surface area contributed by atoms with Crippen LogP contribution in [0.5, 0.6) is 5.75 Å². The van der Waals surface area contributed by atoms with E-state index in [1.807, 2.05) is 39.0 Å². The third-order valence-corrected chi connectivity index (χ3v) is 2.85. The molecule has 0 saturated carbocycles. The van der Waals surface area contributed by atoms with E-state index in [-0.39, 0.29) is 11.6 Å². The van der Waals surface area contributed by atoms with Gasteiger partial charge >= 0.3 is 6.09 Å². The summed E-state index contributed by atoms with van der Waals surface area (Å²) < 4.78 is 5.40. The quantitative estimate of drug-likeness (QED) is 0.752. The fraction of sp³-hybridized carbons (Fsp3) is 0.353. The first-order valence-electron chi connectivity index (χ1n) is 6.68. The van der Waals surface area contributed by atoms with Crippen molar-refractivity contribution in [3.05, 3.63) is 55.1 Å². The highest BCUT2D eigenvalue weighted by molar-refractivity contribution is 5.71. The predicted molar refractivity (Wildman–Crippen MR) is 83.0 cm³/mol. The second-order valence-electron chi connectivity index (χ2n) is 5.57. The van der Waals surface area contributed by atoms with Gasteiger partial charge in [-0.2, -0.15) is 0 Å². The van der Waals surface area contributed by atoms with Gasteiger partial charge in [-0.3, -0.25) is 4.90 Å². The van der Waals surface area contributed by atoms with Crippen LogP contribution in [0.4, 0.5) is 4.79 Å². The van der Waals surface area contributed by atoms with Gasteiger partial charge in [0.25, 0.3) is 0 Å². The highest BCUT2D eigenvalue weighted by atomic mass is 16.6. The van der Waals surface area contributed by atoms with Crippen LogP contribution in [0.25, 0.3) is 0 Å². The van der Waals surface area contributed by atoms with Crippen molar-refractivity contribution in [2.45, 2.75) is 32.7 Å². The Morgan fingerprint density at radius 1 is 1.20 bits per heavy atom. The Morgan fingerprint density at radius 2 is 1.80 bits per heavy atom. The van der Waals surface area contributed by atoms with E-state index in [1.165, 1.54) is 0 Å². The van der Waals surface area contributed by atoms with E-state index in [0.29, 0.717) is 12.3 Å². The summed E-state index contributed by atoms with van der Waals surface area (Å²) in [6.07, 6.45) is 3.97. The zero-order valence-corrected chi connectivity index (χ0v) is 12.6. The molecule has 108 valence electrons. The van der Waals surface area contributed by atoms with E-state index in [4.69, 9.17) is 4.74 Å². The van der Waals surface area contributed by atoms with E-state index < -0.39 is 0 Å². The molecule has 0 unspecified atom stereocenters. The smallest absolute Gasteiger partial charge is 0.410 e. The summed E-state index contributed by atoms with van der Waals surface area (Å²) in [5.74, 6) is 0.543. The minimum absolute atomic E-state index is 0.311. The summed E-state index contributed by atoms with van der Waals surface area (Å²) in [4.78, 5) is 13.8. The van der Waals surface area contributed by atoms with Gasteiger partial charge in [0.15, 0.2) is 0 Å². The molecule has 0 radical (unpaired) electrons. The van der Waals surface area contributed by atoms with E-state index in [9.17, 15) is 4.79 Å². The summed E-state index contributed by atoms with van der Waals surface area (Å²) >= 11 is 0. The second-order valence-corrected chi connectivity index (χ2v) is 5.57. The number of amides is 1. The molecule has 1 aromatic rings. The van der Waals surface area contributed by atoms with Crippen LogP contribution in [-0.4, -0.2) is 23.1 Å². The maximum Gasteiger partial charge on any atom is 0.415 e. The van der Waals surface area contributed by atoms with Crippen molar-refractivity contribution < 1.29 is 9.53 Å². The van der Waals surface area contributed by atoms with Gasteiger partial charge in [-0.15, -0.1) is 13.2 Å². The van der Waals surface area contributed by atoms with E-state index in [1.54, 1.807) is 23.1 Å². The van der Waals surface area contributed by atoms with Gasteiger partial charge in [0, 0.05) is 12.1 Å². The average Bonchev–Trinajstić information content (AvgIpc) is 2.37. The van der Waals surface area contributed by atoms with Crippen molar-refractivity contribution in [2.24, 2.45) is 0 Å². The molecule has 3 heteroatoms. The highest BCUT2D eigenvalue weighted by Gasteiger charge is 2.26. The maximum atomic E-state index is 12.2. The molecule has 0 aromatic heterocycles. The summed E-state index contributed by atoms with van der Waals surface area (Å²) in [5.41, 5.74) is 0.826. The van der Waals surface area contributed by atoms with Gasteiger partial charge in [-0.05, 0) is 44.9 Å². The Kier molecular flexibility index (Phi) is 5.56. The molecule has 0 heterocycles. The van der Waals surface area contributed by atoms with Gasteiger partial charge in [-0.1, -0.05) is 24.3 Å². The zero-order chi connectivity index (χ0) is 15.2. The molecule has 0 fully saturated rings. The highest BCUT2D eigenvalue weighted by Crippen LogP contribution is 2.18. The standard InChI is InChI=1S/C17H23NO2/c1-6-8-14-9-11-15(12-10-14)20-16(19)18(13-7-2)17(3,4)5/h6-7,9-12H,1-2,8,13H2,3-5H3. The van der Waals surface area contributed by atoms with Crippen LogP contribution in [0.15, 0.2) is 49.6 Å². The number of hydrogen-bond donors (Lipinski definition) is 0. The molecule has 0 N–H and O–H groups in total. The van der Waals surface area contributed by atoms with E-state index in [2.05, 4.69) is 13.2 Å². The van der Waals surface area contributed by atoms with Gasteiger partial charge < -0.3 is 4.74 Å². The molecule has 1 aromatic carbocycles. The monoisotopic (exact) mass is 273 g/mol. The zero-order valence-electron chi connectivity index (χ0n) is 12.6. The summed E-state index contributed by atoms with van der Waals surface area (Å²) in [6, 6.07) is 7.45. The van der Waals surface area contributed by atoms with Crippen LogP contribution < -0.4 is 4.74 Å². The number of ether oxygens (including phenoxy) is 1. The maximum absolute atomic E-state index is 12.2. The third kappa shape index (κ3) is 4.57. The number of hydrogen-bond acceptors (Lipinski definition) is 2. The van der Waals surface area contributed by atoms with Crippen molar-refractivity contribution in [3.63, 3.8) is 0 Å². The molecule has 0 saturated heterocycles. The number of nitrogens with zero attached hydrogens (tertiary/aromatic N) is 1. The third-order valence-electron chi connectivity index (χ3n) is 2.85. The van der Waals surface area contributed by atoms with Gasteiger partial charge in [0.1, 0.15) is 5.75 Å². The van der Waals surface area contributed by atoms with Gasteiger partial charge in [0.05, 0.1) is 0 Å². The minimum Gasteiger partial charge on any atom is -0.410 e. The fourth-order valence-electron chi connectivity index (χ4n) is 1.77. The SMILES string of the molecule is C=CCc1ccc(OC(=O)N(CC=C)C(C)(C)C)cc1. The first-order chi connectivity index (χ1) is 9.38. The van der Waals surface area contributed by atoms with Gasteiger partial charge in [-0.25, -0.2) is 4.79 Å². The minimum atomic E-state index is -0.367. The molecule has 0 spiro atoms. The summed E-state index contributed by atoms with van der Waals surface area (Å²) in [5, 5.41) is 0. The molecule has 1 rings (SSSR count). The predicted octanol–water partition coefficient (Wildman–Crippen LogP) is 4.20. The van der Waals surface area contributed by atoms with Crippen LogP contribution in [-0.2, 0) is 6.42 Å².